The topological polar surface area (TPSA) is 51.8 Å². The molecular formula is C12H6F3N3O. The number of hydrogen-bond acceptors (Lipinski definition) is 4. The van der Waals surface area contributed by atoms with Crippen molar-refractivity contribution in [3.05, 3.63) is 42.1 Å². The molecule has 2 heterocycles. The summed E-state index contributed by atoms with van der Waals surface area (Å²) in [6.07, 6.45) is -4.48. The van der Waals surface area contributed by atoms with Crippen molar-refractivity contribution >= 4 is 11.0 Å². The number of aromatic nitrogens is 3. The zero-order chi connectivity index (χ0) is 13.5. The minimum atomic E-state index is -4.48. The lowest BCUT2D eigenvalue weighted by atomic mass is 10.1. The lowest BCUT2D eigenvalue weighted by Crippen LogP contribution is -2.08. The molecule has 0 aliphatic carbocycles. The fourth-order valence-corrected chi connectivity index (χ4v) is 1.76. The van der Waals surface area contributed by atoms with Gasteiger partial charge >= 0.3 is 6.18 Å². The van der Waals surface area contributed by atoms with Crippen LogP contribution in [0.25, 0.3) is 22.3 Å². The van der Waals surface area contributed by atoms with Gasteiger partial charge in [-0.25, -0.2) is 9.61 Å². The maximum absolute atomic E-state index is 12.6. The average Bonchev–Trinajstić information content (AvgIpc) is 2.86. The van der Waals surface area contributed by atoms with Gasteiger partial charge in [-0.3, -0.25) is 0 Å². The molecule has 96 valence electrons. The summed E-state index contributed by atoms with van der Waals surface area (Å²) < 4.78 is 42.5. The average molecular weight is 265 g/mol. The SMILES string of the molecule is FC(F)(F)c1cccc(-c2cccc3nonc23)n1. The Kier molecular flexibility index (Phi) is 2.48. The molecule has 3 aromatic rings. The highest BCUT2D eigenvalue weighted by molar-refractivity contribution is 5.89. The summed E-state index contributed by atoms with van der Waals surface area (Å²) in [6, 6.07) is 8.64. The number of alkyl halides is 3. The minimum Gasteiger partial charge on any atom is -0.243 e. The molecule has 0 spiro atoms. The van der Waals surface area contributed by atoms with E-state index in [4.69, 9.17) is 0 Å². The number of benzene rings is 1. The molecule has 0 radical (unpaired) electrons. The van der Waals surface area contributed by atoms with E-state index >= 15 is 0 Å². The van der Waals surface area contributed by atoms with Gasteiger partial charge in [0.15, 0.2) is 0 Å². The first-order valence-electron chi connectivity index (χ1n) is 5.31. The first-order chi connectivity index (χ1) is 9.05. The van der Waals surface area contributed by atoms with Crippen molar-refractivity contribution in [1.82, 2.24) is 15.3 Å². The van der Waals surface area contributed by atoms with E-state index in [0.717, 1.165) is 6.07 Å². The molecule has 1 aromatic carbocycles. The number of nitrogens with zero attached hydrogens (tertiary/aromatic N) is 3. The van der Waals surface area contributed by atoms with Gasteiger partial charge in [-0.05, 0) is 28.5 Å². The van der Waals surface area contributed by atoms with E-state index in [1.54, 1.807) is 18.2 Å². The third kappa shape index (κ3) is 2.03. The maximum Gasteiger partial charge on any atom is 0.433 e. The zero-order valence-corrected chi connectivity index (χ0v) is 9.35. The third-order valence-electron chi connectivity index (χ3n) is 2.60. The fourth-order valence-electron chi connectivity index (χ4n) is 1.76. The van der Waals surface area contributed by atoms with E-state index in [9.17, 15) is 13.2 Å². The van der Waals surface area contributed by atoms with Gasteiger partial charge in [0, 0.05) is 5.56 Å². The minimum absolute atomic E-state index is 0.177. The van der Waals surface area contributed by atoms with Crippen molar-refractivity contribution in [3.63, 3.8) is 0 Å². The van der Waals surface area contributed by atoms with Crippen molar-refractivity contribution in [1.29, 1.82) is 0 Å². The summed E-state index contributed by atoms with van der Waals surface area (Å²) in [5.41, 5.74) is 0.533. The van der Waals surface area contributed by atoms with Crippen molar-refractivity contribution in [3.8, 4) is 11.3 Å². The van der Waals surface area contributed by atoms with E-state index in [2.05, 4.69) is 19.9 Å². The normalized spacial score (nSPS) is 11.9. The Morgan fingerprint density at radius 1 is 0.947 bits per heavy atom. The van der Waals surface area contributed by atoms with Crippen LogP contribution in [-0.2, 0) is 6.18 Å². The van der Waals surface area contributed by atoms with Crippen LogP contribution in [0.1, 0.15) is 5.69 Å². The van der Waals surface area contributed by atoms with Crippen molar-refractivity contribution < 1.29 is 17.8 Å². The van der Waals surface area contributed by atoms with E-state index in [-0.39, 0.29) is 5.69 Å². The van der Waals surface area contributed by atoms with Crippen molar-refractivity contribution in [2.75, 3.05) is 0 Å². The van der Waals surface area contributed by atoms with Gasteiger partial charge in [0.25, 0.3) is 0 Å². The Balaban J connectivity index is 2.19. The molecule has 7 heteroatoms. The Bertz CT molecular complexity index is 736. The van der Waals surface area contributed by atoms with E-state index in [1.165, 1.54) is 12.1 Å². The number of pyridine rings is 1. The summed E-state index contributed by atoms with van der Waals surface area (Å²) in [7, 11) is 0. The molecule has 0 amide bonds. The van der Waals surface area contributed by atoms with Crippen LogP contribution in [0.5, 0.6) is 0 Å². The molecule has 3 rings (SSSR count). The lowest BCUT2D eigenvalue weighted by Gasteiger charge is -2.07. The summed E-state index contributed by atoms with van der Waals surface area (Å²) in [5, 5.41) is 7.32. The second-order valence-corrected chi connectivity index (χ2v) is 3.84. The lowest BCUT2D eigenvalue weighted by molar-refractivity contribution is -0.141. The predicted octanol–water partition coefficient (Wildman–Crippen LogP) is 3.30. The second-order valence-electron chi connectivity index (χ2n) is 3.84. The molecule has 0 saturated carbocycles. The van der Waals surface area contributed by atoms with Crippen LogP contribution in [0.15, 0.2) is 41.0 Å². The van der Waals surface area contributed by atoms with Gasteiger partial charge in [-0.15, -0.1) is 0 Å². The number of halogens is 3. The summed E-state index contributed by atoms with van der Waals surface area (Å²) in [4.78, 5) is 3.61. The Hall–Kier alpha value is -2.44. The van der Waals surface area contributed by atoms with Gasteiger partial charge in [-0.2, -0.15) is 13.2 Å². The first kappa shape index (κ1) is 11.6. The van der Waals surface area contributed by atoms with Crippen LogP contribution in [-0.4, -0.2) is 15.3 Å². The van der Waals surface area contributed by atoms with Crippen LogP contribution in [0.4, 0.5) is 13.2 Å². The van der Waals surface area contributed by atoms with Crippen LogP contribution in [0, 0.1) is 0 Å². The smallest absolute Gasteiger partial charge is 0.243 e. The molecule has 4 nitrogen and oxygen atoms in total. The molecule has 0 N–H and O–H groups in total. The molecule has 0 unspecified atom stereocenters. The molecule has 0 fully saturated rings. The monoisotopic (exact) mass is 265 g/mol. The molecule has 2 aromatic heterocycles. The molecule has 0 bridgehead atoms. The maximum atomic E-state index is 12.6. The molecule has 19 heavy (non-hydrogen) atoms. The van der Waals surface area contributed by atoms with Crippen molar-refractivity contribution in [2.45, 2.75) is 6.18 Å². The molecule has 0 atom stereocenters. The Morgan fingerprint density at radius 3 is 2.53 bits per heavy atom. The van der Waals surface area contributed by atoms with Gasteiger partial charge < -0.3 is 0 Å². The van der Waals surface area contributed by atoms with Crippen LogP contribution in [0.2, 0.25) is 0 Å². The molecular weight excluding hydrogens is 259 g/mol. The predicted molar refractivity (Wildman–Crippen MR) is 60.0 cm³/mol. The van der Waals surface area contributed by atoms with E-state index in [0.29, 0.717) is 16.6 Å². The number of hydrogen-bond donors (Lipinski definition) is 0. The summed E-state index contributed by atoms with van der Waals surface area (Å²) in [5.74, 6) is 0. The van der Waals surface area contributed by atoms with Gasteiger partial charge in [0.05, 0.1) is 5.69 Å². The second kappa shape index (κ2) is 4.04. The largest absolute Gasteiger partial charge is 0.433 e. The van der Waals surface area contributed by atoms with E-state index < -0.39 is 11.9 Å². The van der Waals surface area contributed by atoms with Crippen LogP contribution in [0.3, 0.4) is 0 Å². The quantitative estimate of drug-likeness (QED) is 0.677. The molecule has 0 aliphatic rings. The third-order valence-corrected chi connectivity index (χ3v) is 2.60. The molecule has 0 aliphatic heterocycles. The summed E-state index contributed by atoms with van der Waals surface area (Å²) >= 11 is 0. The highest BCUT2D eigenvalue weighted by Crippen LogP contribution is 2.31. The van der Waals surface area contributed by atoms with Gasteiger partial charge in [-0.1, -0.05) is 18.2 Å². The highest BCUT2D eigenvalue weighted by Gasteiger charge is 2.32. The van der Waals surface area contributed by atoms with E-state index in [1.807, 2.05) is 0 Å². The van der Waals surface area contributed by atoms with Gasteiger partial charge in [0.1, 0.15) is 16.7 Å². The standard InChI is InChI=1S/C12H6F3N3O/c13-12(14,15)10-6-2-4-8(16-10)7-3-1-5-9-11(7)18-19-17-9/h1-6H. The Morgan fingerprint density at radius 2 is 1.74 bits per heavy atom. The van der Waals surface area contributed by atoms with Crippen LogP contribution >= 0.6 is 0 Å². The molecule has 0 saturated heterocycles. The Labute approximate surface area is 104 Å². The van der Waals surface area contributed by atoms with Gasteiger partial charge in [0.2, 0.25) is 0 Å². The number of rotatable bonds is 1. The first-order valence-corrected chi connectivity index (χ1v) is 5.31. The zero-order valence-electron chi connectivity index (χ0n) is 9.35. The van der Waals surface area contributed by atoms with Crippen molar-refractivity contribution in [2.24, 2.45) is 0 Å². The fraction of sp³-hybridized carbons (Fsp3) is 0.0833. The van der Waals surface area contributed by atoms with Crippen LogP contribution < -0.4 is 0 Å². The number of fused-ring (bicyclic) bond motifs is 1. The highest BCUT2D eigenvalue weighted by atomic mass is 19.4. The summed E-state index contributed by atoms with van der Waals surface area (Å²) in [6.45, 7) is 0.